The summed E-state index contributed by atoms with van der Waals surface area (Å²) < 4.78 is 5.61. The van der Waals surface area contributed by atoms with Crippen molar-refractivity contribution in [2.75, 3.05) is 12.4 Å². The molecule has 0 radical (unpaired) electrons. The predicted molar refractivity (Wildman–Crippen MR) is 110 cm³/mol. The van der Waals surface area contributed by atoms with E-state index < -0.39 is 0 Å². The predicted octanol–water partition coefficient (Wildman–Crippen LogP) is 4.82. The Labute approximate surface area is 168 Å². The SMILES string of the molecule is CCOc1cc([C@H]2[C@@H](c3ccccn3)N=C3SC[C@@H](CC)N32)cc(Cl)c1O. The topological polar surface area (TPSA) is 58.0 Å². The summed E-state index contributed by atoms with van der Waals surface area (Å²) in [5, 5.41) is 11.6. The second-order valence-corrected chi connectivity index (χ2v) is 8.01. The molecule has 1 aromatic heterocycles. The number of halogens is 1. The number of thioether (sulfide) groups is 1. The number of phenols is 1. The van der Waals surface area contributed by atoms with Crippen LogP contribution in [0.2, 0.25) is 5.02 Å². The summed E-state index contributed by atoms with van der Waals surface area (Å²) >= 11 is 8.13. The number of pyridine rings is 1. The molecule has 27 heavy (non-hydrogen) atoms. The number of hydrogen-bond acceptors (Lipinski definition) is 6. The number of fused-ring (bicyclic) bond motifs is 1. The Bertz CT molecular complexity index is 862. The van der Waals surface area contributed by atoms with E-state index in [2.05, 4.69) is 16.8 Å². The summed E-state index contributed by atoms with van der Waals surface area (Å²) in [5.41, 5.74) is 1.92. The lowest BCUT2D eigenvalue weighted by atomic mass is 9.95. The van der Waals surface area contributed by atoms with Gasteiger partial charge < -0.3 is 14.7 Å². The van der Waals surface area contributed by atoms with Gasteiger partial charge in [-0.15, -0.1) is 0 Å². The van der Waals surface area contributed by atoms with Crippen LogP contribution < -0.4 is 4.74 Å². The standard InChI is InChI=1S/C20H22ClN3O2S/c1-3-13-11-27-20-23-17(15-7-5-6-8-22-15)18(24(13)20)12-9-14(21)19(25)16(10-12)26-4-2/h5-10,13,17-18,25H,3-4,11H2,1-2H3/t13-,17-,18+/m1/s1. The zero-order chi connectivity index (χ0) is 19.0. The van der Waals surface area contributed by atoms with Crippen LogP contribution in [0.3, 0.4) is 0 Å². The number of hydrogen-bond donors (Lipinski definition) is 1. The maximum absolute atomic E-state index is 10.2. The number of aromatic nitrogens is 1. The molecule has 0 amide bonds. The molecule has 2 aliphatic rings. The van der Waals surface area contributed by atoms with Crippen LogP contribution in [-0.4, -0.2) is 38.6 Å². The van der Waals surface area contributed by atoms with Gasteiger partial charge in [0.1, 0.15) is 6.04 Å². The minimum absolute atomic E-state index is 0.0152. The minimum atomic E-state index is -0.113. The molecule has 1 aromatic carbocycles. The Morgan fingerprint density at radius 2 is 2.19 bits per heavy atom. The monoisotopic (exact) mass is 403 g/mol. The average molecular weight is 404 g/mol. The molecule has 1 fully saturated rings. The fourth-order valence-corrected chi connectivity index (χ4v) is 5.30. The second kappa shape index (κ2) is 7.60. The zero-order valence-electron chi connectivity index (χ0n) is 15.3. The maximum Gasteiger partial charge on any atom is 0.176 e. The molecule has 0 saturated carbocycles. The summed E-state index contributed by atoms with van der Waals surface area (Å²) in [4.78, 5) is 11.9. The van der Waals surface area contributed by atoms with E-state index >= 15 is 0 Å². The van der Waals surface area contributed by atoms with Crippen molar-refractivity contribution >= 4 is 28.5 Å². The Hall–Kier alpha value is -1.92. The molecule has 0 bridgehead atoms. The van der Waals surface area contributed by atoms with Gasteiger partial charge in [-0.3, -0.25) is 9.98 Å². The Morgan fingerprint density at radius 3 is 2.89 bits per heavy atom. The summed E-state index contributed by atoms with van der Waals surface area (Å²) in [6.45, 7) is 4.55. The number of aromatic hydroxyl groups is 1. The van der Waals surface area contributed by atoms with Crippen LogP contribution >= 0.6 is 23.4 Å². The van der Waals surface area contributed by atoms with Gasteiger partial charge in [-0.1, -0.05) is 36.4 Å². The van der Waals surface area contributed by atoms with Crippen molar-refractivity contribution in [2.24, 2.45) is 4.99 Å². The first-order valence-corrected chi connectivity index (χ1v) is 10.6. The Kier molecular flexibility index (Phi) is 5.19. The van der Waals surface area contributed by atoms with Gasteiger partial charge in [0, 0.05) is 18.0 Å². The Balaban J connectivity index is 1.82. The number of amidine groups is 1. The molecule has 5 nitrogen and oxygen atoms in total. The van der Waals surface area contributed by atoms with E-state index in [1.54, 1.807) is 18.0 Å². The van der Waals surface area contributed by atoms with Crippen molar-refractivity contribution in [3.8, 4) is 11.5 Å². The maximum atomic E-state index is 10.2. The largest absolute Gasteiger partial charge is 0.503 e. The third-order valence-electron chi connectivity index (χ3n) is 5.02. The number of ether oxygens (including phenoxy) is 1. The fourth-order valence-electron chi connectivity index (χ4n) is 3.74. The zero-order valence-corrected chi connectivity index (χ0v) is 16.9. The summed E-state index contributed by atoms with van der Waals surface area (Å²) in [7, 11) is 0. The van der Waals surface area contributed by atoms with Gasteiger partial charge >= 0.3 is 0 Å². The van der Waals surface area contributed by atoms with Crippen LogP contribution in [0, 0.1) is 0 Å². The van der Waals surface area contributed by atoms with Gasteiger partial charge in [-0.25, -0.2) is 0 Å². The van der Waals surface area contributed by atoms with Crippen molar-refractivity contribution < 1.29 is 9.84 Å². The molecule has 1 saturated heterocycles. The van der Waals surface area contributed by atoms with Crippen molar-refractivity contribution in [3.63, 3.8) is 0 Å². The minimum Gasteiger partial charge on any atom is -0.503 e. The lowest BCUT2D eigenvalue weighted by Gasteiger charge is -2.32. The van der Waals surface area contributed by atoms with E-state index in [-0.39, 0.29) is 17.8 Å². The van der Waals surface area contributed by atoms with Crippen LogP contribution in [0.25, 0.3) is 0 Å². The van der Waals surface area contributed by atoms with Crippen molar-refractivity contribution in [1.82, 2.24) is 9.88 Å². The number of phenolic OH excluding ortho intramolecular Hbond substituents is 1. The highest BCUT2D eigenvalue weighted by molar-refractivity contribution is 8.14. The first kappa shape index (κ1) is 18.4. The highest BCUT2D eigenvalue weighted by atomic mass is 35.5. The van der Waals surface area contributed by atoms with E-state index in [1.807, 2.05) is 37.3 Å². The third kappa shape index (κ3) is 3.25. The summed E-state index contributed by atoms with van der Waals surface area (Å²) in [6, 6.07) is 9.91. The molecule has 4 rings (SSSR count). The van der Waals surface area contributed by atoms with Gasteiger partial charge in [0.05, 0.1) is 23.4 Å². The molecule has 7 heteroatoms. The molecular weight excluding hydrogens is 382 g/mol. The summed E-state index contributed by atoms with van der Waals surface area (Å²) in [6.07, 6.45) is 2.84. The molecule has 142 valence electrons. The van der Waals surface area contributed by atoms with E-state index in [4.69, 9.17) is 21.3 Å². The molecule has 3 heterocycles. The number of rotatable bonds is 5. The second-order valence-electron chi connectivity index (χ2n) is 6.62. The molecule has 3 atom stereocenters. The molecule has 0 aliphatic carbocycles. The first-order valence-electron chi connectivity index (χ1n) is 9.19. The smallest absolute Gasteiger partial charge is 0.176 e. The molecule has 2 aliphatic heterocycles. The van der Waals surface area contributed by atoms with E-state index in [9.17, 15) is 5.11 Å². The number of benzene rings is 1. The van der Waals surface area contributed by atoms with Crippen LogP contribution in [-0.2, 0) is 0 Å². The number of nitrogens with zero attached hydrogens (tertiary/aromatic N) is 3. The van der Waals surface area contributed by atoms with Crippen molar-refractivity contribution in [3.05, 3.63) is 52.8 Å². The van der Waals surface area contributed by atoms with Gasteiger partial charge in [-0.05, 0) is 43.2 Å². The summed E-state index contributed by atoms with van der Waals surface area (Å²) in [5.74, 6) is 1.43. The van der Waals surface area contributed by atoms with Crippen LogP contribution in [0.15, 0.2) is 41.5 Å². The van der Waals surface area contributed by atoms with Gasteiger partial charge in [-0.2, -0.15) is 0 Å². The van der Waals surface area contributed by atoms with Crippen LogP contribution in [0.5, 0.6) is 11.5 Å². The van der Waals surface area contributed by atoms with E-state index in [1.165, 1.54) is 0 Å². The molecule has 0 unspecified atom stereocenters. The fraction of sp³-hybridized carbons (Fsp3) is 0.400. The van der Waals surface area contributed by atoms with Gasteiger partial charge in [0.15, 0.2) is 16.7 Å². The van der Waals surface area contributed by atoms with Crippen molar-refractivity contribution in [2.45, 2.75) is 38.4 Å². The third-order valence-corrected chi connectivity index (χ3v) is 6.44. The van der Waals surface area contributed by atoms with Crippen LogP contribution in [0.4, 0.5) is 0 Å². The van der Waals surface area contributed by atoms with E-state index in [0.717, 1.165) is 28.6 Å². The molecule has 0 spiro atoms. The quantitative estimate of drug-likeness (QED) is 0.775. The van der Waals surface area contributed by atoms with Gasteiger partial charge in [0.2, 0.25) is 0 Å². The average Bonchev–Trinajstić information content (AvgIpc) is 3.25. The lowest BCUT2D eigenvalue weighted by molar-refractivity contribution is 0.253. The lowest BCUT2D eigenvalue weighted by Crippen LogP contribution is -2.35. The first-order chi connectivity index (χ1) is 13.1. The van der Waals surface area contributed by atoms with Crippen LogP contribution in [0.1, 0.15) is 43.6 Å². The normalized spacial score (nSPS) is 24.0. The molecule has 2 aromatic rings. The highest BCUT2D eigenvalue weighted by Gasteiger charge is 2.45. The highest BCUT2D eigenvalue weighted by Crippen LogP contribution is 2.50. The van der Waals surface area contributed by atoms with Crippen molar-refractivity contribution in [1.29, 1.82) is 0 Å². The molecular formula is C20H22ClN3O2S. The molecule has 1 N–H and O–H groups in total. The Morgan fingerprint density at radius 1 is 1.33 bits per heavy atom. The van der Waals surface area contributed by atoms with Gasteiger partial charge in [0.25, 0.3) is 0 Å². The number of aliphatic imine (C=N–C) groups is 1. The van der Waals surface area contributed by atoms with E-state index in [0.29, 0.717) is 23.4 Å².